The van der Waals surface area contributed by atoms with Gasteiger partial charge < -0.3 is 0 Å². The van der Waals surface area contributed by atoms with Crippen molar-refractivity contribution in [3.05, 3.63) is 58.4 Å². The van der Waals surface area contributed by atoms with Crippen molar-refractivity contribution in [2.75, 3.05) is 5.75 Å². The van der Waals surface area contributed by atoms with E-state index in [1.165, 1.54) is 36.2 Å². The molecule has 0 fully saturated rings. The number of benzene rings is 1. The summed E-state index contributed by atoms with van der Waals surface area (Å²) >= 11 is 6.86. The number of hydrogen-bond donors (Lipinski definition) is 0. The van der Waals surface area contributed by atoms with Crippen LogP contribution in [-0.4, -0.2) is 33.3 Å². The average Bonchev–Trinajstić information content (AvgIpc) is 2.66. The molecule has 146 valence electrons. The lowest BCUT2D eigenvalue weighted by Gasteiger charge is -2.23. The molecule has 0 N–H and O–H groups in total. The number of carbonyl (C=O) groups excluding carboxylic acids is 2. The van der Waals surface area contributed by atoms with E-state index in [9.17, 15) is 22.8 Å². The zero-order chi connectivity index (χ0) is 20.5. The van der Waals surface area contributed by atoms with Crippen LogP contribution < -0.4 is 0 Å². The molecule has 0 radical (unpaired) electrons. The van der Waals surface area contributed by atoms with Gasteiger partial charge in [-0.2, -0.15) is 13.2 Å². The first kappa shape index (κ1) is 20.5. The fraction of sp³-hybridized carbons (Fsp3) is 0.263. The van der Waals surface area contributed by atoms with Crippen molar-refractivity contribution in [1.29, 1.82) is 0 Å². The van der Waals surface area contributed by atoms with Gasteiger partial charge in [0.1, 0.15) is 16.7 Å². The van der Waals surface area contributed by atoms with Crippen molar-refractivity contribution in [1.82, 2.24) is 4.98 Å². The monoisotopic (exact) mass is 426 g/mol. The van der Waals surface area contributed by atoms with Gasteiger partial charge in [0.25, 0.3) is 0 Å². The fourth-order valence-corrected chi connectivity index (χ4v) is 4.01. The van der Waals surface area contributed by atoms with Crippen LogP contribution in [0.25, 0.3) is 0 Å². The smallest absolute Gasteiger partial charge is 0.291 e. The highest BCUT2D eigenvalue weighted by molar-refractivity contribution is 8.01. The molecule has 1 aliphatic rings. The number of halogens is 4. The van der Waals surface area contributed by atoms with Crippen LogP contribution in [0.5, 0.6) is 0 Å². The van der Waals surface area contributed by atoms with E-state index in [-0.39, 0.29) is 28.4 Å². The molecule has 0 saturated heterocycles. The zero-order valence-corrected chi connectivity index (χ0v) is 16.2. The summed E-state index contributed by atoms with van der Waals surface area (Å²) in [6.07, 6.45) is -2.49. The quantitative estimate of drug-likeness (QED) is 0.655. The highest BCUT2D eigenvalue weighted by atomic mass is 35.5. The molecular weight excluding hydrogens is 413 g/mol. The third kappa shape index (κ3) is 3.98. The molecule has 2 aromatic rings. The van der Waals surface area contributed by atoms with Gasteiger partial charge in [0.2, 0.25) is 11.6 Å². The number of rotatable bonds is 4. The van der Waals surface area contributed by atoms with Gasteiger partial charge in [0.15, 0.2) is 0 Å². The van der Waals surface area contributed by atoms with Crippen molar-refractivity contribution < 1.29 is 22.8 Å². The summed E-state index contributed by atoms with van der Waals surface area (Å²) < 4.78 is 39.4. The largest absolute Gasteiger partial charge is 0.417 e. The number of aliphatic imine (C=N–C) groups is 1. The molecule has 1 aromatic heterocycles. The lowest BCUT2D eigenvalue weighted by molar-refractivity contribution is -0.137. The standard InChI is InChI=1S/C19H14ClF3N2O2S/c1-2-8-28-18-15(16(26)11-4-3-7-24-14(11)17(18)27)25-10-5-6-13(20)12(9-10)19(21,22)23/h3-7,9,18H,2,8H2,1H3. The molecule has 1 aliphatic carbocycles. The van der Waals surface area contributed by atoms with Crippen LogP contribution in [0, 0.1) is 0 Å². The van der Waals surface area contributed by atoms with Gasteiger partial charge in [0, 0.05) is 6.20 Å². The number of pyridine rings is 1. The summed E-state index contributed by atoms with van der Waals surface area (Å²) in [7, 11) is 0. The summed E-state index contributed by atoms with van der Waals surface area (Å²) in [5.74, 6) is -0.309. The summed E-state index contributed by atoms with van der Waals surface area (Å²) in [5.41, 5.74) is -1.08. The number of Topliss-reactive ketones (excluding diaryl/α,β-unsaturated/α-hetero) is 2. The van der Waals surface area contributed by atoms with Crippen molar-refractivity contribution in [3.63, 3.8) is 0 Å². The molecule has 0 spiro atoms. The molecule has 4 nitrogen and oxygen atoms in total. The second kappa shape index (κ2) is 8.05. The second-order valence-corrected chi connectivity index (χ2v) is 7.62. The molecule has 3 rings (SSSR count). The number of thioether (sulfide) groups is 1. The predicted molar refractivity (Wildman–Crippen MR) is 103 cm³/mol. The molecule has 1 atom stereocenters. The third-order valence-electron chi connectivity index (χ3n) is 4.00. The maximum Gasteiger partial charge on any atom is 0.417 e. The van der Waals surface area contributed by atoms with Gasteiger partial charge >= 0.3 is 6.18 Å². The Bertz CT molecular complexity index is 976. The van der Waals surface area contributed by atoms with Crippen LogP contribution in [-0.2, 0) is 6.18 Å². The molecule has 0 amide bonds. The van der Waals surface area contributed by atoms with E-state index >= 15 is 0 Å². The Labute approximate surface area is 168 Å². The minimum absolute atomic E-state index is 0.0622. The van der Waals surface area contributed by atoms with E-state index in [1.807, 2.05) is 6.92 Å². The van der Waals surface area contributed by atoms with Crippen molar-refractivity contribution in [3.8, 4) is 0 Å². The van der Waals surface area contributed by atoms with E-state index in [0.717, 1.165) is 18.6 Å². The second-order valence-electron chi connectivity index (χ2n) is 6.00. The first-order valence-electron chi connectivity index (χ1n) is 8.35. The van der Waals surface area contributed by atoms with Gasteiger partial charge in [-0.1, -0.05) is 18.5 Å². The zero-order valence-electron chi connectivity index (χ0n) is 14.6. The van der Waals surface area contributed by atoms with E-state index in [2.05, 4.69) is 9.98 Å². The van der Waals surface area contributed by atoms with Gasteiger partial charge in [-0.3, -0.25) is 14.6 Å². The van der Waals surface area contributed by atoms with Gasteiger partial charge in [-0.25, -0.2) is 4.99 Å². The predicted octanol–water partition coefficient (Wildman–Crippen LogP) is 5.42. The Kier molecular flexibility index (Phi) is 5.90. The van der Waals surface area contributed by atoms with Crippen LogP contribution in [0.4, 0.5) is 18.9 Å². The first-order valence-corrected chi connectivity index (χ1v) is 9.77. The summed E-state index contributed by atoms with van der Waals surface area (Å²) in [5, 5.41) is -1.38. The normalized spacial score (nSPS) is 18.5. The summed E-state index contributed by atoms with van der Waals surface area (Å²) in [6.45, 7) is 1.92. The number of fused-ring (bicyclic) bond motifs is 1. The Morgan fingerprint density at radius 2 is 2.00 bits per heavy atom. The van der Waals surface area contributed by atoms with E-state index in [0.29, 0.717) is 5.75 Å². The van der Waals surface area contributed by atoms with E-state index < -0.39 is 27.8 Å². The number of alkyl halides is 3. The maximum absolute atomic E-state index is 13.1. The molecule has 1 aromatic carbocycles. The lowest BCUT2D eigenvalue weighted by atomic mass is 9.91. The molecule has 0 aliphatic heterocycles. The van der Waals surface area contributed by atoms with Crippen LogP contribution in [0.1, 0.15) is 39.8 Å². The molecule has 9 heteroatoms. The molecule has 0 saturated carbocycles. The van der Waals surface area contributed by atoms with Crippen LogP contribution in [0.15, 0.2) is 41.5 Å². The van der Waals surface area contributed by atoms with Gasteiger partial charge in [-0.15, -0.1) is 11.8 Å². The minimum atomic E-state index is -4.66. The highest BCUT2D eigenvalue weighted by Gasteiger charge is 2.40. The molecule has 1 heterocycles. The van der Waals surface area contributed by atoms with Gasteiger partial charge in [-0.05, 0) is 42.5 Å². The Morgan fingerprint density at radius 3 is 2.68 bits per heavy atom. The van der Waals surface area contributed by atoms with Gasteiger partial charge in [0.05, 0.1) is 21.8 Å². The maximum atomic E-state index is 13.1. The van der Waals surface area contributed by atoms with Crippen LogP contribution in [0.3, 0.4) is 0 Å². The lowest BCUT2D eigenvalue weighted by Crippen LogP contribution is -2.40. The number of carbonyl (C=O) groups is 2. The Hall–Kier alpha value is -2.19. The molecular formula is C19H14ClF3N2O2S. The van der Waals surface area contributed by atoms with E-state index in [1.54, 1.807) is 0 Å². The average molecular weight is 427 g/mol. The molecule has 1 unspecified atom stereocenters. The third-order valence-corrected chi connectivity index (χ3v) is 5.74. The Morgan fingerprint density at radius 1 is 1.25 bits per heavy atom. The molecule has 0 bridgehead atoms. The SMILES string of the molecule is CCCSC1C(=O)c2ncccc2C(=O)C1=Nc1ccc(Cl)c(C(F)(F)F)c1. The number of ketones is 2. The van der Waals surface area contributed by atoms with E-state index in [4.69, 9.17) is 11.6 Å². The highest BCUT2D eigenvalue weighted by Crippen LogP contribution is 2.37. The number of hydrogen-bond acceptors (Lipinski definition) is 5. The van der Waals surface area contributed by atoms with Crippen molar-refractivity contribution >= 4 is 46.3 Å². The number of aromatic nitrogens is 1. The number of nitrogens with zero attached hydrogens (tertiary/aromatic N) is 2. The first-order chi connectivity index (χ1) is 13.2. The summed E-state index contributed by atoms with van der Waals surface area (Å²) in [6, 6.07) is 6.10. The minimum Gasteiger partial charge on any atom is -0.291 e. The topological polar surface area (TPSA) is 59.4 Å². The van der Waals surface area contributed by atoms with Crippen LogP contribution in [0.2, 0.25) is 5.02 Å². The van der Waals surface area contributed by atoms with Crippen molar-refractivity contribution in [2.24, 2.45) is 4.99 Å². The van der Waals surface area contributed by atoms with Crippen LogP contribution >= 0.6 is 23.4 Å². The molecule has 28 heavy (non-hydrogen) atoms. The fourth-order valence-electron chi connectivity index (χ4n) is 2.73. The van der Waals surface area contributed by atoms with Crippen molar-refractivity contribution in [2.45, 2.75) is 24.8 Å². The summed E-state index contributed by atoms with van der Waals surface area (Å²) in [4.78, 5) is 33.9. The Balaban J connectivity index is 2.12.